The summed E-state index contributed by atoms with van der Waals surface area (Å²) in [6, 6.07) is 8.96. The second kappa shape index (κ2) is 6.74. The zero-order valence-electron chi connectivity index (χ0n) is 10.7. The molecule has 0 radical (unpaired) electrons. The van der Waals surface area contributed by atoms with E-state index in [0.717, 1.165) is 12.5 Å². The molecular weight excluding hydrogens is 321 g/mol. The van der Waals surface area contributed by atoms with Crippen LogP contribution in [-0.4, -0.2) is 18.0 Å². The summed E-state index contributed by atoms with van der Waals surface area (Å²) in [4.78, 5) is 2.62. The molecule has 0 N–H and O–H groups in total. The topological polar surface area (TPSA) is 3.24 Å². The van der Waals surface area contributed by atoms with Crippen LogP contribution in [0, 0.1) is 9.49 Å². The molecule has 0 bridgehead atoms. The molecule has 0 spiro atoms. The van der Waals surface area contributed by atoms with Crippen molar-refractivity contribution in [1.29, 1.82) is 0 Å². The van der Waals surface area contributed by atoms with Crippen molar-refractivity contribution in [3.05, 3.63) is 33.4 Å². The van der Waals surface area contributed by atoms with Crippen molar-refractivity contribution in [3.63, 3.8) is 0 Å². The van der Waals surface area contributed by atoms with Crippen LogP contribution in [0.2, 0.25) is 0 Å². The van der Waals surface area contributed by atoms with Gasteiger partial charge in [-0.05, 0) is 78.6 Å². The lowest BCUT2D eigenvalue weighted by Crippen LogP contribution is -2.24. The highest BCUT2D eigenvalue weighted by Crippen LogP contribution is 2.21. The Balaban J connectivity index is 1.88. The molecule has 0 aliphatic carbocycles. The quantitative estimate of drug-likeness (QED) is 0.740. The average Bonchev–Trinajstić information content (AvgIpc) is 2.57. The number of nitrogens with zero attached hydrogens (tertiary/aromatic N) is 1. The summed E-state index contributed by atoms with van der Waals surface area (Å²) in [5.74, 6) is 0.969. The predicted octanol–water partition coefficient (Wildman–Crippen LogP) is 4.30. The van der Waals surface area contributed by atoms with Crippen molar-refractivity contribution in [1.82, 2.24) is 4.90 Å². The van der Waals surface area contributed by atoms with Crippen LogP contribution < -0.4 is 0 Å². The van der Waals surface area contributed by atoms with Gasteiger partial charge in [0.15, 0.2) is 0 Å². The second-order valence-electron chi connectivity index (χ2n) is 5.11. The first-order valence-electron chi connectivity index (χ1n) is 6.74. The fraction of sp³-hybridized carbons (Fsp3) is 0.600. The number of hydrogen-bond acceptors (Lipinski definition) is 1. The number of rotatable bonds is 3. The molecule has 0 saturated carbocycles. The van der Waals surface area contributed by atoms with Crippen molar-refractivity contribution in [3.8, 4) is 0 Å². The molecule has 1 nitrogen and oxygen atoms in total. The summed E-state index contributed by atoms with van der Waals surface area (Å²) in [6.07, 6.45) is 5.56. The minimum absolute atomic E-state index is 0.969. The highest BCUT2D eigenvalue weighted by atomic mass is 127. The van der Waals surface area contributed by atoms with Crippen LogP contribution >= 0.6 is 22.6 Å². The molecular formula is C15H22IN. The summed E-state index contributed by atoms with van der Waals surface area (Å²) < 4.78 is 1.33. The maximum atomic E-state index is 2.62. The normalized spacial score (nSPS) is 22.4. The highest BCUT2D eigenvalue weighted by molar-refractivity contribution is 14.1. The number of benzene rings is 1. The maximum Gasteiger partial charge on any atom is 0.0233 e. The van der Waals surface area contributed by atoms with E-state index < -0.39 is 0 Å². The van der Waals surface area contributed by atoms with E-state index >= 15 is 0 Å². The predicted molar refractivity (Wildman–Crippen MR) is 82.1 cm³/mol. The minimum atomic E-state index is 0.969. The largest absolute Gasteiger partial charge is 0.299 e. The molecule has 1 aromatic rings. The molecule has 2 rings (SSSR count). The van der Waals surface area contributed by atoms with Crippen molar-refractivity contribution < 1.29 is 0 Å². The Bertz CT molecular complexity index is 333. The van der Waals surface area contributed by atoms with Crippen LogP contribution in [-0.2, 0) is 6.54 Å². The Morgan fingerprint density at radius 3 is 2.65 bits per heavy atom. The van der Waals surface area contributed by atoms with E-state index in [2.05, 4.69) is 58.7 Å². The van der Waals surface area contributed by atoms with Gasteiger partial charge in [0.05, 0.1) is 0 Å². The van der Waals surface area contributed by atoms with Crippen molar-refractivity contribution in [2.45, 2.75) is 39.2 Å². The summed E-state index contributed by atoms with van der Waals surface area (Å²) in [7, 11) is 0. The molecule has 94 valence electrons. The molecule has 1 aromatic carbocycles. The van der Waals surface area contributed by atoms with Crippen molar-refractivity contribution >= 4 is 22.6 Å². The molecule has 1 heterocycles. The Morgan fingerprint density at radius 1 is 1.18 bits per heavy atom. The third-order valence-electron chi connectivity index (χ3n) is 3.84. The Hall–Kier alpha value is -0.0900. The van der Waals surface area contributed by atoms with Crippen LogP contribution in [0.5, 0.6) is 0 Å². The van der Waals surface area contributed by atoms with E-state index in [1.165, 1.54) is 47.9 Å². The first-order valence-corrected chi connectivity index (χ1v) is 7.82. The molecule has 17 heavy (non-hydrogen) atoms. The lowest BCUT2D eigenvalue weighted by Gasteiger charge is -2.20. The van der Waals surface area contributed by atoms with Crippen LogP contribution in [0.3, 0.4) is 0 Å². The summed E-state index contributed by atoms with van der Waals surface area (Å²) in [5, 5.41) is 0. The van der Waals surface area contributed by atoms with Gasteiger partial charge in [0.2, 0.25) is 0 Å². The van der Waals surface area contributed by atoms with Gasteiger partial charge in [0, 0.05) is 10.1 Å². The summed E-state index contributed by atoms with van der Waals surface area (Å²) in [6.45, 7) is 6.03. The summed E-state index contributed by atoms with van der Waals surface area (Å²) in [5.41, 5.74) is 1.46. The summed E-state index contributed by atoms with van der Waals surface area (Å²) >= 11 is 2.37. The van der Waals surface area contributed by atoms with E-state index in [9.17, 15) is 0 Å². The molecule has 1 fully saturated rings. The molecule has 0 amide bonds. The standard InChI is InChI=1S/C15H22IN/c1-2-13-4-3-10-17(11-9-13)12-14-5-7-15(16)8-6-14/h5-8,13H,2-4,9-12H2,1H3. The molecule has 1 aliphatic heterocycles. The number of halogens is 1. The molecule has 1 unspecified atom stereocenters. The van der Waals surface area contributed by atoms with E-state index in [1.807, 2.05) is 0 Å². The first kappa shape index (κ1) is 13.3. The van der Waals surface area contributed by atoms with E-state index in [-0.39, 0.29) is 0 Å². The first-order chi connectivity index (χ1) is 8.28. The third-order valence-corrected chi connectivity index (χ3v) is 4.56. The van der Waals surface area contributed by atoms with Gasteiger partial charge in [-0.3, -0.25) is 4.90 Å². The molecule has 1 atom stereocenters. The van der Waals surface area contributed by atoms with E-state index in [0.29, 0.717) is 0 Å². The third kappa shape index (κ3) is 4.25. The van der Waals surface area contributed by atoms with Crippen LogP contribution in [0.1, 0.15) is 38.2 Å². The van der Waals surface area contributed by atoms with Crippen molar-refractivity contribution in [2.24, 2.45) is 5.92 Å². The van der Waals surface area contributed by atoms with Gasteiger partial charge in [0.1, 0.15) is 0 Å². The Kier molecular flexibility index (Phi) is 5.29. The van der Waals surface area contributed by atoms with Gasteiger partial charge in [-0.25, -0.2) is 0 Å². The van der Waals surface area contributed by atoms with Gasteiger partial charge in [0.25, 0.3) is 0 Å². The van der Waals surface area contributed by atoms with Crippen LogP contribution in [0.25, 0.3) is 0 Å². The smallest absolute Gasteiger partial charge is 0.0233 e. The molecule has 1 aliphatic rings. The van der Waals surface area contributed by atoms with Gasteiger partial charge >= 0.3 is 0 Å². The maximum absolute atomic E-state index is 2.62. The lowest BCUT2D eigenvalue weighted by atomic mass is 9.98. The Labute approximate surface area is 119 Å². The molecule has 0 aromatic heterocycles. The van der Waals surface area contributed by atoms with Crippen LogP contribution in [0.15, 0.2) is 24.3 Å². The van der Waals surface area contributed by atoms with E-state index in [4.69, 9.17) is 0 Å². The fourth-order valence-electron chi connectivity index (χ4n) is 2.64. The van der Waals surface area contributed by atoms with Crippen molar-refractivity contribution in [2.75, 3.05) is 13.1 Å². The zero-order chi connectivity index (χ0) is 12.1. The SMILES string of the molecule is CCC1CCCN(Cc2ccc(I)cc2)CC1. The molecule has 2 heteroatoms. The van der Waals surface area contributed by atoms with E-state index in [1.54, 1.807) is 0 Å². The number of likely N-dealkylation sites (tertiary alicyclic amines) is 1. The van der Waals surface area contributed by atoms with Gasteiger partial charge in [-0.1, -0.05) is 25.5 Å². The minimum Gasteiger partial charge on any atom is -0.299 e. The van der Waals surface area contributed by atoms with Gasteiger partial charge < -0.3 is 0 Å². The monoisotopic (exact) mass is 343 g/mol. The second-order valence-corrected chi connectivity index (χ2v) is 6.35. The zero-order valence-corrected chi connectivity index (χ0v) is 12.8. The lowest BCUT2D eigenvalue weighted by molar-refractivity contribution is 0.272. The Morgan fingerprint density at radius 2 is 1.94 bits per heavy atom. The number of hydrogen-bond donors (Lipinski definition) is 0. The average molecular weight is 343 g/mol. The molecule has 1 saturated heterocycles. The van der Waals surface area contributed by atoms with Gasteiger partial charge in [-0.2, -0.15) is 0 Å². The van der Waals surface area contributed by atoms with Gasteiger partial charge in [-0.15, -0.1) is 0 Å². The highest BCUT2D eigenvalue weighted by Gasteiger charge is 2.15. The fourth-order valence-corrected chi connectivity index (χ4v) is 3.00. The van der Waals surface area contributed by atoms with Crippen LogP contribution in [0.4, 0.5) is 0 Å².